The minimum atomic E-state index is -0.429. The maximum atomic E-state index is 12.5. The van der Waals surface area contributed by atoms with Crippen molar-refractivity contribution in [1.82, 2.24) is 25.3 Å². The number of benzene rings is 1. The second kappa shape index (κ2) is 5.92. The lowest BCUT2D eigenvalue weighted by molar-refractivity contribution is 0.561. The fourth-order valence-corrected chi connectivity index (χ4v) is 3.27. The standard InChI is InChI=1S/C18H16N6O2/c25-18-13(16-22-14-9-20-10-21-17(14)23-16)7-11-1-2-12(8-15(11)26-18)24-5-3-19-4-6-24/h1-2,7-10,19H,3-6H2,(H,20,21,22,23). The van der Waals surface area contributed by atoms with E-state index in [2.05, 4.69) is 36.2 Å². The van der Waals surface area contributed by atoms with Gasteiger partial charge in [0.1, 0.15) is 28.8 Å². The van der Waals surface area contributed by atoms with Crippen molar-refractivity contribution in [3.8, 4) is 11.4 Å². The number of hydrogen-bond acceptors (Lipinski definition) is 7. The number of fused-ring (bicyclic) bond motifs is 2. The molecule has 0 spiro atoms. The molecule has 1 aromatic carbocycles. The van der Waals surface area contributed by atoms with E-state index in [0.717, 1.165) is 37.3 Å². The minimum Gasteiger partial charge on any atom is -0.422 e. The Kier molecular flexibility index (Phi) is 3.42. The lowest BCUT2D eigenvalue weighted by atomic mass is 10.1. The van der Waals surface area contributed by atoms with Crippen molar-refractivity contribution in [3.05, 3.63) is 47.2 Å². The molecule has 2 N–H and O–H groups in total. The van der Waals surface area contributed by atoms with Crippen LogP contribution in [0.15, 0.2) is 46.0 Å². The molecule has 1 aliphatic heterocycles. The fourth-order valence-electron chi connectivity index (χ4n) is 3.27. The van der Waals surface area contributed by atoms with Crippen molar-refractivity contribution >= 4 is 27.8 Å². The molecule has 0 saturated carbocycles. The van der Waals surface area contributed by atoms with E-state index in [1.807, 2.05) is 12.1 Å². The highest BCUT2D eigenvalue weighted by atomic mass is 16.4. The van der Waals surface area contributed by atoms with Crippen LogP contribution < -0.4 is 15.8 Å². The lowest BCUT2D eigenvalue weighted by Gasteiger charge is -2.29. The van der Waals surface area contributed by atoms with Gasteiger partial charge in [0.15, 0.2) is 5.65 Å². The molecule has 0 atom stereocenters. The summed E-state index contributed by atoms with van der Waals surface area (Å²) in [6, 6.07) is 7.76. The van der Waals surface area contributed by atoms with Crippen molar-refractivity contribution in [3.63, 3.8) is 0 Å². The van der Waals surface area contributed by atoms with Gasteiger partial charge < -0.3 is 19.6 Å². The molecule has 0 radical (unpaired) electrons. The van der Waals surface area contributed by atoms with Gasteiger partial charge in [-0.2, -0.15) is 0 Å². The summed E-state index contributed by atoms with van der Waals surface area (Å²) in [4.78, 5) is 30.3. The van der Waals surface area contributed by atoms with Crippen LogP contribution in [-0.4, -0.2) is 46.1 Å². The number of aromatic amines is 1. The van der Waals surface area contributed by atoms with Crippen molar-refractivity contribution < 1.29 is 4.42 Å². The molecule has 26 heavy (non-hydrogen) atoms. The van der Waals surface area contributed by atoms with Crippen LogP contribution in [0.1, 0.15) is 0 Å². The molecule has 8 nitrogen and oxygen atoms in total. The molecular formula is C18H16N6O2. The van der Waals surface area contributed by atoms with E-state index in [1.165, 1.54) is 6.33 Å². The maximum absolute atomic E-state index is 12.5. The number of anilines is 1. The molecule has 0 amide bonds. The first kappa shape index (κ1) is 15.0. The first-order valence-corrected chi connectivity index (χ1v) is 8.48. The van der Waals surface area contributed by atoms with Crippen LogP contribution in [-0.2, 0) is 0 Å². The maximum Gasteiger partial charge on any atom is 0.347 e. The number of hydrogen-bond donors (Lipinski definition) is 2. The van der Waals surface area contributed by atoms with E-state index in [1.54, 1.807) is 12.3 Å². The minimum absolute atomic E-state index is 0.380. The SMILES string of the molecule is O=c1oc2cc(N3CCNCC3)ccc2cc1-c1nc2ncncc2[nH]1. The Morgan fingerprint density at radius 2 is 2.04 bits per heavy atom. The topological polar surface area (TPSA) is 99.9 Å². The molecule has 0 unspecified atom stereocenters. The average molecular weight is 348 g/mol. The third kappa shape index (κ3) is 2.51. The van der Waals surface area contributed by atoms with Crippen molar-refractivity contribution in [2.45, 2.75) is 0 Å². The zero-order chi connectivity index (χ0) is 17.5. The molecule has 4 heterocycles. The molecule has 4 aromatic rings. The van der Waals surface area contributed by atoms with Crippen LogP contribution in [0, 0.1) is 0 Å². The third-order valence-corrected chi connectivity index (χ3v) is 4.62. The number of nitrogens with one attached hydrogen (secondary N) is 2. The number of piperazine rings is 1. The van der Waals surface area contributed by atoms with Crippen molar-refractivity contribution in [2.24, 2.45) is 0 Å². The van der Waals surface area contributed by atoms with E-state index < -0.39 is 5.63 Å². The van der Waals surface area contributed by atoms with Gasteiger partial charge in [-0.15, -0.1) is 0 Å². The third-order valence-electron chi connectivity index (χ3n) is 4.62. The van der Waals surface area contributed by atoms with Gasteiger partial charge in [0.05, 0.1) is 6.20 Å². The molecule has 130 valence electrons. The Bertz CT molecular complexity index is 1130. The van der Waals surface area contributed by atoms with Crippen LogP contribution >= 0.6 is 0 Å². The molecule has 1 fully saturated rings. The predicted octanol–water partition coefficient (Wildman–Crippen LogP) is 1.54. The normalized spacial score (nSPS) is 15.0. The predicted molar refractivity (Wildman–Crippen MR) is 98.2 cm³/mol. The van der Waals surface area contributed by atoms with Crippen molar-refractivity contribution in [1.29, 1.82) is 0 Å². The number of nitrogens with zero attached hydrogens (tertiary/aromatic N) is 4. The average Bonchev–Trinajstić information content (AvgIpc) is 3.11. The van der Waals surface area contributed by atoms with Gasteiger partial charge in [-0.1, -0.05) is 0 Å². The Morgan fingerprint density at radius 1 is 1.15 bits per heavy atom. The first-order chi connectivity index (χ1) is 12.8. The summed E-state index contributed by atoms with van der Waals surface area (Å²) in [5.41, 5.74) is 2.78. The number of imidazole rings is 1. The van der Waals surface area contributed by atoms with Crippen LogP contribution in [0.5, 0.6) is 0 Å². The van der Waals surface area contributed by atoms with Gasteiger partial charge in [-0.3, -0.25) is 0 Å². The molecule has 1 saturated heterocycles. The van der Waals surface area contributed by atoms with Gasteiger partial charge in [-0.05, 0) is 18.2 Å². The molecular weight excluding hydrogens is 332 g/mol. The van der Waals surface area contributed by atoms with Crippen LogP contribution in [0.3, 0.4) is 0 Å². The molecule has 1 aliphatic rings. The van der Waals surface area contributed by atoms with E-state index in [0.29, 0.717) is 28.1 Å². The summed E-state index contributed by atoms with van der Waals surface area (Å²) < 4.78 is 5.58. The highest BCUT2D eigenvalue weighted by Crippen LogP contribution is 2.25. The highest BCUT2D eigenvalue weighted by molar-refractivity contribution is 5.84. The molecule has 0 bridgehead atoms. The first-order valence-electron chi connectivity index (χ1n) is 8.48. The highest BCUT2D eigenvalue weighted by Gasteiger charge is 2.15. The zero-order valence-corrected chi connectivity index (χ0v) is 13.9. The Labute approximate surface area is 147 Å². The molecule has 5 rings (SSSR count). The van der Waals surface area contributed by atoms with Crippen LogP contribution in [0.2, 0.25) is 0 Å². The van der Waals surface area contributed by atoms with Crippen LogP contribution in [0.25, 0.3) is 33.5 Å². The summed E-state index contributed by atoms with van der Waals surface area (Å²) in [5.74, 6) is 0.433. The van der Waals surface area contributed by atoms with Gasteiger partial charge in [0.25, 0.3) is 0 Å². The Hall–Kier alpha value is -3.26. The second-order valence-corrected chi connectivity index (χ2v) is 6.25. The summed E-state index contributed by atoms with van der Waals surface area (Å²) in [5, 5.41) is 4.18. The van der Waals surface area contributed by atoms with E-state index >= 15 is 0 Å². The van der Waals surface area contributed by atoms with Crippen LogP contribution in [0.4, 0.5) is 5.69 Å². The van der Waals surface area contributed by atoms with Gasteiger partial charge in [0.2, 0.25) is 0 Å². The zero-order valence-electron chi connectivity index (χ0n) is 13.9. The number of H-pyrrole nitrogens is 1. The monoisotopic (exact) mass is 348 g/mol. The summed E-state index contributed by atoms with van der Waals surface area (Å²) >= 11 is 0. The van der Waals surface area contributed by atoms with Gasteiger partial charge in [-0.25, -0.2) is 19.7 Å². The fraction of sp³-hybridized carbons (Fsp3) is 0.222. The Balaban J connectivity index is 1.59. The summed E-state index contributed by atoms with van der Waals surface area (Å²) in [7, 11) is 0. The second-order valence-electron chi connectivity index (χ2n) is 6.25. The van der Waals surface area contributed by atoms with E-state index in [4.69, 9.17) is 4.42 Å². The smallest absolute Gasteiger partial charge is 0.347 e. The van der Waals surface area contributed by atoms with E-state index in [9.17, 15) is 4.79 Å². The summed E-state index contributed by atoms with van der Waals surface area (Å²) in [6.45, 7) is 3.79. The van der Waals surface area contributed by atoms with E-state index in [-0.39, 0.29) is 0 Å². The van der Waals surface area contributed by atoms with Gasteiger partial charge in [0, 0.05) is 43.3 Å². The molecule has 8 heteroatoms. The quantitative estimate of drug-likeness (QED) is 0.530. The van der Waals surface area contributed by atoms with Crippen molar-refractivity contribution in [2.75, 3.05) is 31.1 Å². The van der Waals surface area contributed by atoms with Gasteiger partial charge >= 0.3 is 5.63 Å². The molecule has 3 aromatic heterocycles. The summed E-state index contributed by atoms with van der Waals surface area (Å²) in [6.07, 6.45) is 3.05. The molecule has 0 aliphatic carbocycles. The number of aromatic nitrogens is 4. The largest absolute Gasteiger partial charge is 0.422 e. The number of rotatable bonds is 2. The Morgan fingerprint density at radius 3 is 2.88 bits per heavy atom. The lowest BCUT2D eigenvalue weighted by Crippen LogP contribution is -2.43.